The summed E-state index contributed by atoms with van der Waals surface area (Å²) in [6, 6.07) is 6.63. The molecule has 0 aliphatic carbocycles. The zero-order valence-corrected chi connectivity index (χ0v) is 13.4. The maximum Gasteiger partial charge on any atom is 0.234 e. The highest BCUT2D eigenvalue weighted by Gasteiger charge is 2.39. The van der Waals surface area contributed by atoms with Crippen LogP contribution in [0.1, 0.15) is 58.7 Å². The SMILES string of the molecule is CCNC(c1ccc2c(c1)C(C)(C)C(=O)N2)C(C)(C)C. The summed E-state index contributed by atoms with van der Waals surface area (Å²) in [7, 11) is 0. The molecule has 0 saturated heterocycles. The number of hydrogen-bond acceptors (Lipinski definition) is 2. The highest BCUT2D eigenvalue weighted by molar-refractivity contribution is 6.05. The van der Waals surface area contributed by atoms with Crippen LogP contribution >= 0.6 is 0 Å². The minimum atomic E-state index is -0.444. The summed E-state index contributed by atoms with van der Waals surface area (Å²) >= 11 is 0. The van der Waals surface area contributed by atoms with Crippen LogP contribution in [-0.4, -0.2) is 12.5 Å². The molecule has 1 heterocycles. The second-order valence-electron chi connectivity index (χ2n) is 7.24. The lowest BCUT2D eigenvalue weighted by molar-refractivity contribution is -0.119. The highest BCUT2D eigenvalue weighted by atomic mass is 16.2. The highest BCUT2D eigenvalue weighted by Crippen LogP contribution is 2.41. The average molecular weight is 274 g/mol. The van der Waals surface area contributed by atoms with Gasteiger partial charge in [0.05, 0.1) is 5.41 Å². The maximum absolute atomic E-state index is 12.0. The third kappa shape index (κ3) is 2.47. The Bertz CT molecular complexity index is 526. The fourth-order valence-corrected chi connectivity index (χ4v) is 2.90. The zero-order chi connectivity index (χ0) is 15.1. The van der Waals surface area contributed by atoms with Crippen molar-refractivity contribution in [3.8, 4) is 0 Å². The van der Waals surface area contributed by atoms with Gasteiger partial charge in [0.25, 0.3) is 0 Å². The number of amides is 1. The van der Waals surface area contributed by atoms with E-state index in [-0.39, 0.29) is 17.4 Å². The van der Waals surface area contributed by atoms with Crippen molar-refractivity contribution in [3.63, 3.8) is 0 Å². The molecule has 1 amide bonds. The van der Waals surface area contributed by atoms with Gasteiger partial charge >= 0.3 is 0 Å². The van der Waals surface area contributed by atoms with Crippen LogP contribution in [0, 0.1) is 5.41 Å². The van der Waals surface area contributed by atoms with Gasteiger partial charge in [-0.25, -0.2) is 0 Å². The van der Waals surface area contributed by atoms with Crippen molar-refractivity contribution in [2.45, 2.75) is 53.0 Å². The predicted octanol–water partition coefficient (Wildman–Crippen LogP) is 3.61. The average Bonchev–Trinajstić information content (AvgIpc) is 2.56. The lowest BCUT2D eigenvalue weighted by Crippen LogP contribution is -2.32. The van der Waals surface area contributed by atoms with Gasteiger partial charge in [0.1, 0.15) is 0 Å². The van der Waals surface area contributed by atoms with Crippen molar-refractivity contribution in [2.75, 3.05) is 11.9 Å². The molecule has 2 rings (SSSR count). The van der Waals surface area contributed by atoms with Gasteiger partial charge in [0.2, 0.25) is 5.91 Å². The van der Waals surface area contributed by atoms with Crippen molar-refractivity contribution < 1.29 is 4.79 Å². The van der Waals surface area contributed by atoms with Crippen LogP contribution in [0.15, 0.2) is 18.2 Å². The molecule has 0 bridgehead atoms. The van der Waals surface area contributed by atoms with E-state index in [9.17, 15) is 4.79 Å². The second kappa shape index (κ2) is 4.88. The van der Waals surface area contributed by atoms with Crippen LogP contribution < -0.4 is 10.6 Å². The molecular formula is C17H26N2O. The minimum absolute atomic E-state index is 0.0837. The van der Waals surface area contributed by atoms with Gasteiger partial charge in [-0.1, -0.05) is 39.8 Å². The van der Waals surface area contributed by atoms with Crippen LogP contribution in [0.3, 0.4) is 0 Å². The number of hydrogen-bond donors (Lipinski definition) is 2. The van der Waals surface area contributed by atoms with Gasteiger partial charge in [-0.15, -0.1) is 0 Å². The van der Waals surface area contributed by atoms with Crippen molar-refractivity contribution in [2.24, 2.45) is 5.41 Å². The summed E-state index contributed by atoms with van der Waals surface area (Å²) in [4.78, 5) is 12.0. The maximum atomic E-state index is 12.0. The number of rotatable bonds is 3. The van der Waals surface area contributed by atoms with E-state index in [1.54, 1.807) is 0 Å². The van der Waals surface area contributed by atoms with Gasteiger partial charge < -0.3 is 10.6 Å². The number of benzene rings is 1. The first-order chi connectivity index (χ1) is 9.17. The summed E-state index contributed by atoms with van der Waals surface area (Å²) in [5.74, 6) is 0.0837. The Morgan fingerprint density at radius 3 is 2.50 bits per heavy atom. The van der Waals surface area contributed by atoms with Gasteiger partial charge in [0.15, 0.2) is 0 Å². The van der Waals surface area contributed by atoms with E-state index in [1.807, 2.05) is 19.9 Å². The predicted molar refractivity (Wildman–Crippen MR) is 84.0 cm³/mol. The fraction of sp³-hybridized carbons (Fsp3) is 0.588. The third-order valence-electron chi connectivity index (χ3n) is 4.14. The zero-order valence-electron chi connectivity index (χ0n) is 13.4. The van der Waals surface area contributed by atoms with E-state index >= 15 is 0 Å². The van der Waals surface area contributed by atoms with Gasteiger partial charge in [0, 0.05) is 11.7 Å². The number of carbonyl (C=O) groups is 1. The molecule has 0 spiro atoms. The summed E-state index contributed by atoms with van der Waals surface area (Å²) in [6.45, 7) is 13.7. The first-order valence-corrected chi connectivity index (χ1v) is 7.37. The minimum Gasteiger partial charge on any atom is -0.325 e. The van der Waals surface area contributed by atoms with Crippen molar-refractivity contribution >= 4 is 11.6 Å². The van der Waals surface area contributed by atoms with Crippen LogP contribution in [-0.2, 0) is 10.2 Å². The van der Waals surface area contributed by atoms with E-state index < -0.39 is 5.41 Å². The van der Waals surface area contributed by atoms with E-state index in [2.05, 4.69) is 50.5 Å². The second-order valence-corrected chi connectivity index (χ2v) is 7.24. The summed E-state index contributed by atoms with van der Waals surface area (Å²) < 4.78 is 0. The Kier molecular flexibility index (Phi) is 3.67. The molecule has 0 radical (unpaired) electrons. The van der Waals surface area contributed by atoms with Crippen molar-refractivity contribution in [3.05, 3.63) is 29.3 Å². The van der Waals surface area contributed by atoms with Gasteiger partial charge in [-0.2, -0.15) is 0 Å². The molecule has 3 heteroatoms. The van der Waals surface area contributed by atoms with Gasteiger partial charge in [-0.3, -0.25) is 4.79 Å². The Morgan fingerprint density at radius 2 is 1.95 bits per heavy atom. The molecule has 110 valence electrons. The Balaban J connectivity index is 2.46. The van der Waals surface area contributed by atoms with Crippen LogP contribution in [0.2, 0.25) is 0 Å². The molecule has 1 aromatic rings. The summed E-state index contributed by atoms with van der Waals surface area (Å²) in [6.07, 6.45) is 0. The Hall–Kier alpha value is -1.35. The molecule has 20 heavy (non-hydrogen) atoms. The quantitative estimate of drug-likeness (QED) is 0.884. The third-order valence-corrected chi connectivity index (χ3v) is 4.14. The van der Waals surface area contributed by atoms with Crippen LogP contribution in [0.5, 0.6) is 0 Å². The van der Waals surface area contributed by atoms with E-state index in [4.69, 9.17) is 0 Å². The fourth-order valence-electron chi connectivity index (χ4n) is 2.90. The first kappa shape index (κ1) is 15.0. The molecule has 1 atom stereocenters. The molecule has 1 aliphatic heterocycles. The molecule has 3 nitrogen and oxygen atoms in total. The topological polar surface area (TPSA) is 41.1 Å². The van der Waals surface area contributed by atoms with Crippen molar-refractivity contribution in [1.82, 2.24) is 5.32 Å². The Morgan fingerprint density at radius 1 is 1.30 bits per heavy atom. The van der Waals surface area contributed by atoms with Crippen molar-refractivity contribution in [1.29, 1.82) is 0 Å². The van der Waals surface area contributed by atoms with Crippen LogP contribution in [0.25, 0.3) is 0 Å². The van der Waals surface area contributed by atoms with Gasteiger partial charge in [-0.05, 0) is 43.0 Å². The first-order valence-electron chi connectivity index (χ1n) is 7.37. The molecule has 0 saturated carbocycles. The smallest absolute Gasteiger partial charge is 0.234 e. The number of fused-ring (bicyclic) bond motifs is 1. The number of carbonyl (C=O) groups excluding carboxylic acids is 1. The lowest BCUT2D eigenvalue weighted by Gasteiger charge is -2.32. The molecule has 2 N–H and O–H groups in total. The molecule has 1 unspecified atom stereocenters. The summed E-state index contributed by atoms with van der Waals surface area (Å²) in [5.41, 5.74) is 2.99. The van der Waals surface area contributed by atoms with E-state index in [0.717, 1.165) is 17.8 Å². The normalized spacial score (nSPS) is 18.6. The number of nitrogens with one attached hydrogen (secondary N) is 2. The van der Waals surface area contributed by atoms with E-state index in [1.165, 1.54) is 5.56 Å². The largest absolute Gasteiger partial charge is 0.325 e. The monoisotopic (exact) mass is 274 g/mol. The van der Waals surface area contributed by atoms with Crippen LogP contribution in [0.4, 0.5) is 5.69 Å². The molecule has 1 aromatic carbocycles. The molecule has 0 fully saturated rings. The standard InChI is InChI=1S/C17H26N2O/c1-7-18-14(16(2,3)4)11-8-9-13-12(10-11)17(5,6)15(20)19-13/h8-10,14,18H,7H2,1-6H3,(H,19,20). The molecule has 1 aliphatic rings. The molecule has 0 aromatic heterocycles. The Labute approximate surface area is 122 Å². The molecular weight excluding hydrogens is 248 g/mol. The summed E-state index contributed by atoms with van der Waals surface area (Å²) in [5, 5.41) is 6.53. The lowest BCUT2D eigenvalue weighted by atomic mass is 9.79. The van der Waals surface area contributed by atoms with E-state index in [0.29, 0.717) is 0 Å². The number of anilines is 1.